The molecule has 2 amide bonds. The van der Waals surface area contributed by atoms with Crippen molar-refractivity contribution < 1.29 is 24.0 Å². The van der Waals surface area contributed by atoms with Gasteiger partial charge in [0.05, 0.1) is 19.1 Å². The number of hydrogen-bond acceptors (Lipinski definition) is 4. The molecule has 0 aliphatic carbocycles. The number of carbonyl (C=O) groups is 2. The summed E-state index contributed by atoms with van der Waals surface area (Å²) in [5.74, 6) is -1.15. The second kappa shape index (κ2) is 5.76. The molecule has 7 nitrogen and oxygen atoms in total. The predicted octanol–water partition coefficient (Wildman–Crippen LogP) is 0.437. The smallest absolute Gasteiger partial charge is 0.341 e. The van der Waals surface area contributed by atoms with Crippen LogP contribution in [0.3, 0.4) is 0 Å². The largest absolute Gasteiger partial charge is 0.479 e. The van der Waals surface area contributed by atoms with Gasteiger partial charge in [0.2, 0.25) is 0 Å². The molecule has 0 aromatic carbocycles. The highest BCUT2D eigenvalue weighted by Gasteiger charge is 2.10. The molecule has 0 aliphatic heterocycles. The van der Waals surface area contributed by atoms with Crippen molar-refractivity contribution in [2.75, 3.05) is 13.7 Å². The first kappa shape index (κ1) is 12.1. The minimum absolute atomic E-state index is 0.346. The third kappa shape index (κ3) is 4.01. The number of nitrogens with one attached hydrogen (secondary N) is 1. The fourth-order valence-electron chi connectivity index (χ4n) is 0.966. The van der Waals surface area contributed by atoms with Crippen molar-refractivity contribution in [3.05, 3.63) is 24.2 Å². The van der Waals surface area contributed by atoms with Crippen molar-refractivity contribution in [1.82, 2.24) is 10.4 Å². The maximum absolute atomic E-state index is 11.3. The predicted molar refractivity (Wildman–Crippen MR) is 52.3 cm³/mol. The number of hydroxylamine groups is 1. The second-order valence-corrected chi connectivity index (χ2v) is 3.08. The van der Waals surface area contributed by atoms with Gasteiger partial charge < -0.3 is 14.4 Å². The van der Waals surface area contributed by atoms with E-state index in [-0.39, 0.29) is 0 Å². The molecule has 1 aromatic heterocycles. The van der Waals surface area contributed by atoms with E-state index in [1.54, 1.807) is 13.1 Å². The third-order valence-corrected chi connectivity index (χ3v) is 1.70. The Morgan fingerprint density at radius 3 is 2.94 bits per heavy atom. The minimum atomic E-state index is -1.15. The van der Waals surface area contributed by atoms with Gasteiger partial charge >= 0.3 is 12.0 Å². The lowest BCUT2D eigenvalue weighted by atomic mass is 10.3. The van der Waals surface area contributed by atoms with Crippen LogP contribution in [0.2, 0.25) is 0 Å². The Morgan fingerprint density at radius 1 is 1.62 bits per heavy atom. The maximum atomic E-state index is 11.3. The van der Waals surface area contributed by atoms with E-state index in [2.05, 4.69) is 4.84 Å². The summed E-state index contributed by atoms with van der Waals surface area (Å²) in [5, 5.41) is 8.27. The highest BCUT2D eigenvalue weighted by atomic mass is 16.7. The maximum Gasteiger partial charge on any atom is 0.341 e. The standard InChI is InChI=1S/C9H12N2O5/c1-11(4-7-2-3-15-5-7)9(14)10-16-6-8(12)13/h2-3,5H,4,6H2,1H3,(H,10,14)(H,12,13). The van der Waals surface area contributed by atoms with Crippen LogP contribution in [0.5, 0.6) is 0 Å². The molecule has 0 saturated heterocycles. The molecular formula is C9H12N2O5. The van der Waals surface area contributed by atoms with E-state index in [9.17, 15) is 9.59 Å². The lowest BCUT2D eigenvalue weighted by Gasteiger charge is -2.16. The molecule has 16 heavy (non-hydrogen) atoms. The van der Waals surface area contributed by atoms with Gasteiger partial charge in [-0.05, 0) is 6.07 Å². The first-order valence-electron chi connectivity index (χ1n) is 4.45. The van der Waals surface area contributed by atoms with E-state index in [0.29, 0.717) is 6.54 Å². The van der Waals surface area contributed by atoms with Crippen molar-refractivity contribution >= 4 is 12.0 Å². The molecule has 0 unspecified atom stereocenters. The van der Waals surface area contributed by atoms with Crippen LogP contribution in [0.1, 0.15) is 5.56 Å². The Kier molecular flexibility index (Phi) is 4.34. The summed E-state index contributed by atoms with van der Waals surface area (Å²) >= 11 is 0. The number of carboxylic acid groups (broad SMARTS) is 1. The normalized spacial score (nSPS) is 9.81. The van der Waals surface area contributed by atoms with E-state index in [1.807, 2.05) is 5.48 Å². The molecule has 1 heterocycles. The number of aliphatic carboxylic acids is 1. The van der Waals surface area contributed by atoms with Crippen LogP contribution in [0, 0.1) is 0 Å². The zero-order chi connectivity index (χ0) is 12.0. The fourth-order valence-corrected chi connectivity index (χ4v) is 0.966. The molecule has 0 saturated carbocycles. The van der Waals surface area contributed by atoms with E-state index in [0.717, 1.165) is 5.56 Å². The van der Waals surface area contributed by atoms with Crippen LogP contribution in [0.4, 0.5) is 4.79 Å². The number of carbonyl (C=O) groups excluding carboxylic acids is 1. The first-order valence-corrected chi connectivity index (χ1v) is 4.45. The third-order valence-electron chi connectivity index (χ3n) is 1.70. The van der Waals surface area contributed by atoms with Crippen molar-refractivity contribution in [1.29, 1.82) is 0 Å². The second-order valence-electron chi connectivity index (χ2n) is 3.08. The summed E-state index contributed by atoms with van der Waals surface area (Å²) in [7, 11) is 1.55. The van der Waals surface area contributed by atoms with E-state index < -0.39 is 18.6 Å². The Hall–Kier alpha value is -2.02. The summed E-state index contributed by atoms with van der Waals surface area (Å²) in [4.78, 5) is 27.2. The summed E-state index contributed by atoms with van der Waals surface area (Å²) in [6, 6.07) is 1.20. The molecule has 7 heteroatoms. The highest BCUT2D eigenvalue weighted by Crippen LogP contribution is 2.03. The molecule has 0 aliphatic rings. The average Bonchev–Trinajstić information content (AvgIpc) is 2.69. The lowest BCUT2D eigenvalue weighted by molar-refractivity contribution is -0.144. The number of hydrogen-bond donors (Lipinski definition) is 2. The molecule has 0 fully saturated rings. The van der Waals surface area contributed by atoms with Gasteiger partial charge in [0.1, 0.15) is 0 Å². The molecule has 0 radical (unpaired) electrons. The van der Waals surface area contributed by atoms with E-state index >= 15 is 0 Å². The van der Waals surface area contributed by atoms with Gasteiger partial charge in [-0.1, -0.05) is 0 Å². The van der Waals surface area contributed by atoms with Crippen LogP contribution in [0.15, 0.2) is 23.0 Å². The minimum Gasteiger partial charge on any atom is -0.479 e. The summed E-state index contributed by atoms with van der Waals surface area (Å²) in [6.07, 6.45) is 3.02. The fraction of sp³-hybridized carbons (Fsp3) is 0.333. The topological polar surface area (TPSA) is 92.0 Å². The van der Waals surface area contributed by atoms with Gasteiger partial charge in [0.25, 0.3) is 0 Å². The number of rotatable bonds is 5. The van der Waals surface area contributed by atoms with Crippen molar-refractivity contribution in [3.8, 4) is 0 Å². The number of carboxylic acids is 1. The molecule has 0 bridgehead atoms. The highest BCUT2D eigenvalue weighted by molar-refractivity contribution is 5.73. The quantitative estimate of drug-likeness (QED) is 0.713. The molecule has 1 rings (SSSR count). The Bertz CT molecular complexity index is 349. The van der Waals surface area contributed by atoms with Crippen molar-refractivity contribution in [2.24, 2.45) is 0 Å². The van der Waals surface area contributed by atoms with Crippen LogP contribution >= 0.6 is 0 Å². The Balaban J connectivity index is 2.28. The Labute approximate surface area is 91.5 Å². The van der Waals surface area contributed by atoms with Gasteiger partial charge in [-0.3, -0.25) is 4.84 Å². The SMILES string of the molecule is CN(Cc1ccoc1)C(=O)NOCC(=O)O. The molecule has 0 spiro atoms. The van der Waals surface area contributed by atoms with E-state index in [1.165, 1.54) is 17.4 Å². The summed E-state index contributed by atoms with van der Waals surface area (Å²) < 4.78 is 4.84. The lowest BCUT2D eigenvalue weighted by Crippen LogP contribution is -2.37. The van der Waals surface area contributed by atoms with Gasteiger partial charge in [-0.2, -0.15) is 0 Å². The van der Waals surface area contributed by atoms with Gasteiger partial charge in [0.15, 0.2) is 6.61 Å². The summed E-state index contributed by atoms with van der Waals surface area (Å²) in [5.41, 5.74) is 2.83. The Morgan fingerprint density at radius 2 is 2.38 bits per heavy atom. The van der Waals surface area contributed by atoms with Crippen molar-refractivity contribution in [3.63, 3.8) is 0 Å². The van der Waals surface area contributed by atoms with Gasteiger partial charge in [0, 0.05) is 12.6 Å². The van der Waals surface area contributed by atoms with Crippen LogP contribution in [0.25, 0.3) is 0 Å². The zero-order valence-electron chi connectivity index (χ0n) is 8.67. The summed E-state index contributed by atoms with van der Waals surface area (Å²) in [6.45, 7) is -0.232. The molecule has 88 valence electrons. The number of amides is 2. The monoisotopic (exact) mass is 228 g/mol. The zero-order valence-corrected chi connectivity index (χ0v) is 8.67. The molecule has 0 atom stereocenters. The van der Waals surface area contributed by atoms with Gasteiger partial charge in [-0.15, -0.1) is 0 Å². The first-order chi connectivity index (χ1) is 7.59. The van der Waals surface area contributed by atoms with Crippen molar-refractivity contribution in [2.45, 2.75) is 6.54 Å². The molecule has 2 N–H and O–H groups in total. The van der Waals surface area contributed by atoms with E-state index in [4.69, 9.17) is 9.52 Å². The molecular weight excluding hydrogens is 216 g/mol. The molecule has 1 aromatic rings. The average molecular weight is 228 g/mol. The number of furan rings is 1. The van der Waals surface area contributed by atoms with Crippen LogP contribution < -0.4 is 5.48 Å². The van der Waals surface area contributed by atoms with Crippen LogP contribution in [-0.4, -0.2) is 35.7 Å². The number of nitrogens with zero attached hydrogens (tertiary/aromatic N) is 1. The number of urea groups is 1. The van der Waals surface area contributed by atoms with Crippen LogP contribution in [-0.2, 0) is 16.2 Å². The van der Waals surface area contributed by atoms with Gasteiger partial charge in [-0.25, -0.2) is 15.1 Å².